The Balaban J connectivity index is 1.54. The van der Waals surface area contributed by atoms with Crippen LogP contribution in [0.15, 0.2) is 42.6 Å². The Morgan fingerprint density at radius 2 is 1.97 bits per heavy atom. The van der Waals surface area contributed by atoms with Gasteiger partial charge >= 0.3 is 5.97 Å². The number of fused-ring (bicyclic) bond motifs is 2. The molecular weight excluding hydrogens is 374 g/mol. The van der Waals surface area contributed by atoms with Crippen molar-refractivity contribution in [1.29, 1.82) is 0 Å². The smallest absolute Gasteiger partial charge is 0.306 e. The van der Waals surface area contributed by atoms with Crippen LogP contribution in [0.4, 0.5) is 0 Å². The zero-order chi connectivity index (χ0) is 20.5. The average Bonchev–Trinajstić information content (AvgIpc) is 3.49. The summed E-state index contributed by atoms with van der Waals surface area (Å²) in [6.45, 7) is 2.30. The van der Waals surface area contributed by atoms with Crippen LogP contribution in [0.25, 0.3) is 22.0 Å². The molecule has 0 bridgehead atoms. The number of aryl methyl sites for hydroxylation is 1. The molecule has 5 rings (SSSR count). The monoisotopic (exact) mass is 403 g/mol. The molecule has 0 saturated heterocycles. The van der Waals surface area contributed by atoms with Gasteiger partial charge in [0.2, 0.25) is 0 Å². The number of aromatic amines is 1. The molecule has 1 saturated carbocycles. The molecule has 156 valence electrons. The van der Waals surface area contributed by atoms with Crippen LogP contribution in [0.3, 0.4) is 0 Å². The van der Waals surface area contributed by atoms with E-state index in [2.05, 4.69) is 41.4 Å². The Bertz CT molecular complexity index is 1060. The molecule has 30 heavy (non-hydrogen) atoms. The highest BCUT2D eigenvalue weighted by atomic mass is 16.5. The van der Waals surface area contributed by atoms with Crippen LogP contribution in [0.1, 0.15) is 62.5 Å². The van der Waals surface area contributed by atoms with Crippen molar-refractivity contribution in [3.63, 3.8) is 0 Å². The number of hydrogen-bond acceptors (Lipinski definition) is 3. The van der Waals surface area contributed by atoms with Crippen LogP contribution in [-0.4, -0.2) is 23.7 Å². The van der Waals surface area contributed by atoms with Gasteiger partial charge in [-0.1, -0.05) is 6.07 Å². The predicted octanol–water partition coefficient (Wildman–Crippen LogP) is 6.14. The molecule has 4 nitrogen and oxygen atoms in total. The summed E-state index contributed by atoms with van der Waals surface area (Å²) in [7, 11) is 0. The maximum atomic E-state index is 12.1. The summed E-state index contributed by atoms with van der Waals surface area (Å²) in [5.41, 5.74) is 6.05. The van der Waals surface area contributed by atoms with Gasteiger partial charge in [0.05, 0.1) is 19.1 Å². The summed E-state index contributed by atoms with van der Waals surface area (Å²) >= 11 is 0. The second-order valence-corrected chi connectivity index (χ2v) is 8.60. The zero-order valence-electron chi connectivity index (χ0n) is 17.6. The summed E-state index contributed by atoms with van der Waals surface area (Å²) in [5.74, 6) is 1.12. The lowest BCUT2D eigenvalue weighted by Crippen LogP contribution is -2.12. The number of ether oxygens (including phenoxy) is 2. The SMILES string of the molecule is CCOC(=O)CC1CCc2cc(OC3CCCC3)c(-c3ccc4[nH]ccc4c3)cc21. The molecule has 4 heteroatoms. The van der Waals surface area contributed by atoms with Crippen LogP contribution in [0.5, 0.6) is 5.75 Å². The average molecular weight is 404 g/mol. The van der Waals surface area contributed by atoms with E-state index in [0.717, 1.165) is 42.5 Å². The number of benzene rings is 2. The van der Waals surface area contributed by atoms with E-state index in [9.17, 15) is 4.79 Å². The number of carbonyl (C=O) groups excluding carboxylic acids is 1. The van der Waals surface area contributed by atoms with Crippen LogP contribution in [-0.2, 0) is 16.0 Å². The standard InChI is InChI=1S/C26H29NO3/c1-2-29-26(28)15-19-8-7-18-14-25(30-21-5-3-4-6-21)23(16-22(18)19)17-9-10-24-20(13-17)11-12-27-24/h9-14,16,19,21,27H,2-8,15H2,1H3. The van der Waals surface area contributed by atoms with Gasteiger partial charge in [-0.05, 0) is 104 Å². The summed E-state index contributed by atoms with van der Waals surface area (Å²) in [4.78, 5) is 15.4. The molecule has 0 radical (unpaired) electrons. The van der Waals surface area contributed by atoms with Gasteiger partial charge in [0.15, 0.2) is 0 Å². The van der Waals surface area contributed by atoms with E-state index in [1.165, 1.54) is 34.9 Å². The number of carbonyl (C=O) groups is 1. The topological polar surface area (TPSA) is 51.3 Å². The van der Waals surface area contributed by atoms with E-state index in [4.69, 9.17) is 9.47 Å². The van der Waals surface area contributed by atoms with Gasteiger partial charge in [-0.2, -0.15) is 0 Å². The minimum Gasteiger partial charge on any atom is -0.490 e. The summed E-state index contributed by atoms with van der Waals surface area (Å²) in [6.07, 6.45) is 9.52. The fourth-order valence-electron chi connectivity index (χ4n) is 5.08. The van der Waals surface area contributed by atoms with E-state index in [0.29, 0.717) is 19.1 Å². The fourth-order valence-corrected chi connectivity index (χ4v) is 5.08. The Labute approximate surface area is 177 Å². The Hall–Kier alpha value is -2.75. The number of aromatic nitrogens is 1. The Morgan fingerprint density at radius 1 is 1.10 bits per heavy atom. The third kappa shape index (κ3) is 3.71. The quantitative estimate of drug-likeness (QED) is 0.503. The zero-order valence-corrected chi connectivity index (χ0v) is 17.6. The molecule has 3 aromatic rings. The van der Waals surface area contributed by atoms with Crippen molar-refractivity contribution in [1.82, 2.24) is 4.98 Å². The summed E-state index contributed by atoms with van der Waals surface area (Å²) in [5, 5.41) is 1.20. The van der Waals surface area contributed by atoms with Gasteiger partial charge in [0.25, 0.3) is 0 Å². The van der Waals surface area contributed by atoms with Gasteiger partial charge in [0.1, 0.15) is 5.75 Å². The molecule has 0 aliphatic heterocycles. The van der Waals surface area contributed by atoms with Crippen molar-refractivity contribution in [2.75, 3.05) is 6.61 Å². The lowest BCUT2D eigenvalue weighted by Gasteiger charge is -2.20. The molecular formula is C26H29NO3. The van der Waals surface area contributed by atoms with Crippen molar-refractivity contribution in [2.45, 2.75) is 63.9 Å². The van der Waals surface area contributed by atoms with E-state index in [1.54, 1.807) is 0 Å². The van der Waals surface area contributed by atoms with Gasteiger partial charge in [-0.25, -0.2) is 0 Å². The third-order valence-electron chi connectivity index (χ3n) is 6.62. The third-order valence-corrected chi connectivity index (χ3v) is 6.62. The number of hydrogen-bond donors (Lipinski definition) is 1. The van der Waals surface area contributed by atoms with Gasteiger partial charge in [-0.3, -0.25) is 4.79 Å². The second kappa shape index (κ2) is 8.17. The number of H-pyrrole nitrogens is 1. The van der Waals surface area contributed by atoms with E-state index < -0.39 is 0 Å². The Kier molecular flexibility index (Phi) is 5.24. The van der Waals surface area contributed by atoms with Gasteiger partial charge < -0.3 is 14.5 Å². The molecule has 1 aromatic heterocycles. The van der Waals surface area contributed by atoms with E-state index in [-0.39, 0.29) is 11.9 Å². The molecule has 2 aliphatic carbocycles. The highest BCUT2D eigenvalue weighted by Gasteiger charge is 2.28. The highest BCUT2D eigenvalue weighted by Crippen LogP contribution is 2.43. The van der Waals surface area contributed by atoms with E-state index >= 15 is 0 Å². The predicted molar refractivity (Wildman–Crippen MR) is 119 cm³/mol. The highest BCUT2D eigenvalue weighted by molar-refractivity contribution is 5.86. The number of esters is 1. The molecule has 1 fully saturated rings. The summed E-state index contributed by atoms with van der Waals surface area (Å²) in [6, 6.07) is 13.2. The molecule has 2 aliphatic rings. The molecule has 1 heterocycles. The first-order valence-corrected chi connectivity index (χ1v) is 11.3. The lowest BCUT2D eigenvalue weighted by molar-refractivity contribution is -0.143. The van der Waals surface area contributed by atoms with Crippen molar-refractivity contribution in [3.05, 3.63) is 53.7 Å². The van der Waals surface area contributed by atoms with Crippen LogP contribution in [0, 0.1) is 0 Å². The van der Waals surface area contributed by atoms with Gasteiger partial charge in [0, 0.05) is 17.3 Å². The van der Waals surface area contributed by atoms with Crippen LogP contribution < -0.4 is 4.74 Å². The fraction of sp³-hybridized carbons (Fsp3) is 0.423. The minimum atomic E-state index is -0.100. The minimum absolute atomic E-state index is 0.100. The second-order valence-electron chi connectivity index (χ2n) is 8.60. The summed E-state index contributed by atoms with van der Waals surface area (Å²) < 4.78 is 11.8. The molecule has 0 spiro atoms. The molecule has 0 amide bonds. The molecule has 1 unspecified atom stereocenters. The maximum Gasteiger partial charge on any atom is 0.306 e. The number of nitrogens with one attached hydrogen (secondary N) is 1. The Morgan fingerprint density at radius 3 is 2.80 bits per heavy atom. The van der Waals surface area contributed by atoms with Gasteiger partial charge in [-0.15, -0.1) is 0 Å². The number of rotatable bonds is 6. The first-order chi connectivity index (χ1) is 14.7. The van der Waals surface area contributed by atoms with Crippen molar-refractivity contribution >= 4 is 16.9 Å². The van der Waals surface area contributed by atoms with E-state index in [1.807, 2.05) is 13.1 Å². The van der Waals surface area contributed by atoms with Crippen molar-refractivity contribution in [3.8, 4) is 16.9 Å². The lowest BCUT2D eigenvalue weighted by atomic mass is 9.93. The molecule has 1 atom stereocenters. The van der Waals surface area contributed by atoms with Crippen LogP contribution in [0.2, 0.25) is 0 Å². The first kappa shape index (κ1) is 19.2. The molecule has 2 aromatic carbocycles. The maximum absolute atomic E-state index is 12.1. The van der Waals surface area contributed by atoms with Crippen molar-refractivity contribution in [2.24, 2.45) is 0 Å². The first-order valence-electron chi connectivity index (χ1n) is 11.3. The van der Waals surface area contributed by atoms with Crippen molar-refractivity contribution < 1.29 is 14.3 Å². The normalized spacial score (nSPS) is 18.6. The molecule has 1 N–H and O–H groups in total. The van der Waals surface area contributed by atoms with Crippen LogP contribution >= 0.6 is 0 Å². The largest absolute Gasteiger partial charge is 0.490 e.